The van der Waals surface area contributed by atoms with Crippen molar-refractivity contribution >= 4 is 21.4 Å². The molecule has 5 nitrogen and oxygen atoms in total. The van der Waals surface area contributed by atoms with Gasteiger partial charge in [-0.2, -0.15) is 5.10 Å². The number of nitrogens with zero attached hydrogens (tertiary/aromatic N) is 1. The van der Waals surface area contributed by atoms with Crippen LogP contribution >= 0.6 is 11.3 Å². The van der Waals surface area contributed by atoms with Gasteiger partial charge in [0.1, 0.15) is 0 Å². The molecule has 0 spiro atoms. The quantitative estimate of drug-likeness (QED) is 0.865. The van der Waals surface area contributed by atoms with Crippen LogP contribution < -0.4 is 4.72 Å². The molecule has 0 radical (unpaired) electrons. The van der Waals surface area contributed by atoms with Crippen molar-refractivity contribution in [2.24, 2.45) is 0 Å². The molecule has 2 aromatic rings. The molecule has 0 unspecified atom stereocenters. The van der Waals surface area contributed by atoms with Gasteiger partial charge in [0, 0.05) is 16.3 Å². The standard InChI is InChI=1S/C9H11N3O2S2/c1-7-2-3-8(15-7)6-11-16(13,14)9-4-5-10-12-9/h2-5,11H,6H2,1H3,(H,10,12). The van der Waals surface area contributed by atoms with Gasteiger partial charge in [0.25, 0.3) is 10.0 Å². The summed E-state index contributed by atoms with van der Waals surface area (Å²) in [7, 11) is -3.47. The van der Waals surface area contributed by atoms with E-state index >= 15 is 0 Å². The predicted octanol–water partition coefficient (Wildman–Crippen LogP) is 1.26. The van der Waals surface area contributed by atoms with Crippen LogP contribution in [-0.4, -0.2) is 18.6 Å². The van der Waals surface area contributed by atoms with Gasteiger partial charge in [0.05, 0.1) is 6.20 Å². The van der Waals surface area contributed by atoms with Crippen molar-refractivity contribution in [1.82, 2.24) is 14.9 Å². The van der Waals surface area contributed by atoms with Crippen molar-refractivity contribution in [3.8, 4) is 0 Å². The minimum Gasteiger partial charge on any atom is -0.266 e. The van der Waals surface area contributed by atoms with Crippen LogP contribution in [0.1, 0.15) is 9.75 Å². The Morgan fingerprint density at radius 2 is 2.25 bits per heavy atom. The second-order valence-corrected chi connectivity index (χ2v) is 6.37. The Kier molecular flexibility index (Phi) is 3.08. The number of thiophene rings is 1. The zero-order valence-electron chi connectivity index (χ0n) is 8.60. The fourth-order valence-electron chi connectivity index (χ4n) is 1.22. The molecule has 0 amide bonds. The van der Waals surface area contributed by atoms with E-state index in [0.29, 0.717) is 6.54 Å². The molecular weight excluding hydrogens is 246 g/mol. The maximum atomic E-state index is 11.7. The highest BCUT2D eigenvalue weighted by Gasteiger charge is 2.14. The average Bonchev–Trinajstić information content (AvgIpc) is 2.85. The van der Waals surface area contributed by atoms with Gasteiger partial charge < -0.3 is 0 Å². The zero-order valence-corrected chi connectivity index (χ0v) is 10.2. The smallest absolute Gasteiger partial charge is 0.257 e. The van der Waals surface area contributed by atoms with Crippen LogP contribution in [0, 0.1) is 6.92 Å². The van der Waals surface area contributed by atoms with E-state index in [-0.39, 0.29) is 5.03 Å². The van der Waals surface area contributed by atoms with Crippen LogP contribution in [-0.2, 0) is 16.6 Å². The Bertz CT molecular complexity index is 557. The maximum Gasteiger partial charge on any atom is 0.257 e. The number of hydrogen-bond acceptors (Lipinski definition) is 4. The molecule has 0 aliphatic rings. The predicted molar refractivity (Wildman–Crippen MR) is 61.7 cm³/mol. The summed E-state index contributed by atoms with van der Waals surface area (Å²) < 4.78 is 25.9. The first kappa shape index (κ1) is 11.3. The molecule has 0 saturated heterocycles. The molecule has 86 valence electrons. The third-order valence-corrected chi connectivity index (χ3v) is 4.33. The molecule has 2 heterocycles. The zero-order chi connectivity index (χ0) is 11.6. The largest absolute Gasteiger partial charge is 0.266 e. The first-order chi connectivity index (χ1) is 7.58. The molecule has 16 heavy (non-hydrogen) atoms. The van der Waals surface area contributed by atoms with E-state index in [1.54, 1.807) is 11.3 Å². The fourth-order valence-corrected chi connectivity index (χ4v) is 3.05. The molecule has 2 aromatic heterocycles. The van der Waals surface area contributed by atoms with Gasteiger partial charge in [0.15, 0.2) is 5.03 Å². The summed E-state index contributed by atoms with van der Waals surface area (Å²) in [5.41, 5.74) is 0. The number of aryl methyl sites for hydroxylation is 1. The summed E-state index contributed by atoms with van der Waals surface area (Å²) in [6.45, 7) is 2.29. The van der Waals surface area contributed by atoms with E-state index < -0.39 is 10.0 Å². The first-order valence-electron chi connectivity index (χ1n) is 4.62. The van der Waals surface area contributed by atoms with E-state index in [2.05, 4.69) is 14.9 Å². The number of sulfonamides is 1. The van der Waals surface area contributed by atoms with Crippen molar-refractivity contribution in [2.45, 2.75) is 18.5 Å². The summed E-state index contributed by atoms with van der Waals surface area (Å²) >= 11 is 1.57. The highest BCUT2D eigenvalue weighted by atomic mass is 32.2. The average molecular weight is 257 g/mol. The van der Waals surface area contributed by atoms with Crippen LogP contribution in [0.4, 0.5) is 0 Å². The van der Waals surface area contributed by atoms with Crippen molar-refractivity contribution in [3.05, 3.63) is 34.2 Å². The van der Waals surface area contributed by atoms with Gasteiger partial charge in [-0.3, -0.25) is 5.10 Å². The van der Waals surface area contributed by atoms with Crippen molar-refractivity contribution < 1.29 is 8.42 Å². The number of rotatable bonds is 4. The lowest BCUT2D eigenvalue weighted by molar-refractivity contribution is 0.577. The van der Waals surface area contributed by atoms with Gasteiger partial charge in [-0.05, 0) is 25.1 Å². The topological polar surface area (TPSA) is 74.8 Å². The van der Waals surface area contributed by atoms with Crippen LogP contribution in [0.2, 0.25) is 0 Å². The minimum atomic E-state index is -3.47. The third-order valence-electron chi connectivity index (χ3n) is 2.00. The van der Waals surface area contributed by atoms with Crippen molar-refractivity contribution in [2.75, 3.05) is 0 Å². The van der Waals surface area contributed by atoms with Gasteiger partial charge >= 0.3 is 0 Å². The van der Waals surface area contributed by atoms with Crippen molar-refractivity contribution in [1.29, 1.82) is 0 Å². The maximum absolute atomic E-state index is 11.7. The van der Waals surface area contributed by atoms with E-state index in [0.717, 1.165) is 9.75 Å². The molecular formula is C9H11N3O2S2. The van der Waals surface area contributed by atoms with Crippen LogP contribution in [0.15, 0.2) is 29.4 Å². The highest BCUT2D eigenvalue weighted by Crippen LogP contribution is 2.15. The van der Waals surface area contributed by atoms with Gasteiger partial charge in [-0.1, -0.05) is 0 Å². The second kappa shape index (κ2) is 4.36. The summed E-state index contributed by atoms with van der Waals surface area (Å²) in [4.78, 5) is 2.15. The monoisotopic (exact) mass is 257 g/mol. The summed E-state index contributed by atoms with van der Waals surface area (Å²) in [6.07, 6.45) is 1.41. The summed E-state index contributed by atoms with van der Waals surface area (Å²) in [5.74, 6) is 0. The first-order valence-corrected chi connectivity index (χ1v) is 6.92. The molecule has 0 aromatic carbocycles. The van der Waals surface area contributed by atoms with Crippen LogP contribution in [0.3, 0.4) is 0 Å². The normalized spacial score (nSPS) is 11.8. The molecule has 0 bridgehead atoms. The molecule has 0 aliphatic heterocycles. The van der Waals surface area contributed by atoms with Gasteiger partial charge in [0.2, 0.25) is 0 Å². The van der Waals surface area contributed by atoms with Crippen LogP contribution in [0.25, 0.3) is 0 Å². The molecule has 0 atom stereocenters. The summed E-state index contributed by atoms with van der Waals surface area (Å²) in [6, 6.07) is 5.29. The molecule has 7 heteroatoms. The third kappa shape index (κ3) is 2.49. The Labute approximate surface area is 97.6 Å². The lowest BCUT2D eigenvalue weighted by Gasteiger charge is -2.02. The molecule has 0 fully saturated rings. The lowest BCUT2D eigenvalue weighted by Crippen LogP contribution is -2.23. The second-order valence-electron chi connectivity index (χ2n) is 3.26. The van der Waals surface area contributed by atoms with Crippen LogP contribution in [0.5, 0.6) is 0 Å². The number of nitrogens with one attached hydrogen (secondary N) is 2. The number of H-pyrrole nitrogens is 1. The Morgan fingerprint density at radius 1 is 1.44 bits per heavy atom. The van der Waals surface area contributed by atoms with E-state index in [1.807, 2.05) is 19.1 Å². The Balaban J connectivity index is 2.06. The lowest BCUT2D eigenvalue weighted by atomic mass is 10.4. The number of aromatic amines is 1. The Morgan fingerprint density at radius 3 is 2.81 bits per heavy atom. The fraction of sp³-hybridized carbons (Fsp3) is 0.222. The van der Waals surface area contributed by atoms with E-state index in [1.165, 1.54) is 12.3 Å². The van der Waals surface area contributed by atoms with Gasteiger partial charge in [-0.25, -0.2) is 13.1 Å². The van der Waals surface area contributed by atoms with Gasteiger partial charge in [-0.15, -0.1) is 11.3 Å². The number of hydrogen-bond donors (Lipinski definition) is 2. The molecule has 0 saturated carbocycles. The molecule has 2 N–H and O–H groups in total. The summed E-state index contributed by atoms with van der Waals surface area (Å²) in [5, 5.41) is 6.11. The SMILES string of the molecule is Cc1ccc(CNS(=O)(=O)c2ccn[nH]2)s1. The molecule has 0 aliphatic carbocycles. The molecule has 2 rings (SSSR count). The van der Waals surface area contributed by atoms with E-state index in [9.17, 15) is 8.42 Å². The minimum absolute atomic E-state index is 0.0841. The van der Waals surface area contributed by atoms with Crippen molar-refractivity contribution in [3.63, 3.8) is 0 Å². The number of aromatic nitrogens is 2. The highest BCUT2D eigenvalue weighted by molar-refractivity contribution is 7.89. The Hall–Kier alpha value is -1.18. The van der Waals surface area contributed by atoms with E-state index in [4.69, 9.17) is 0 Å².